The van der Waals surface area contributed by atoms with Crippen molar-refractivity contribution in [3.63, 3.8) is 0 Å². The first-order valence-electron chi connectivity index (χ1n) is 8.20. The summed E-state index contributed by atoms with van der Waals surface area (Å²) in [5.74, 6) is 2.51. The summed E-state index contributed by atoms with van der Waals surface area (Å²) in [5, 5.41) is 8.79. The average molecular weight is 345 g/mol. The smallest absolute Gasteiger partial charge is 0.231 e. The van der Waals surface area contributed by atoms with E-state index < -0.39 is 0 Å². The fourth-order valence-corrected chi connectivity index (χ4v) is 3.31. The molecule has 0 aliphatic carbocycles. The normalized spacial score (nSPS) is 13.2. The average Bonchev–Trinajstić information content (AvgIpc) is 3.21. The maximum atomic E-state index is 5.42. The Kier molecular flexibility index (Phi) is 5.59. The molecule has 128 valence electrons. The molecular formula is C18H23N3O2S. The Morgan fingerprint density at radius 1 is 1.21 bits per heavy atom. The van der Waals surface area contributed by atoms with Crippen LogP contribution in [0.15, 0.2) is 34.6 Å². The number of guanidine groups is 1. The van der Waals surface area contributed by atoms with Gasteiger partial charge in [0.25, 0.3) is 0 Å². The van der Waals surface area contributed by atoms with Crippen molar-refractivity contribution < 1.29 is 9.47 Å². The minimum Gasteiger partial charge on any atom is -0.454 e. The lowest BCUT2D eigenvalue weighted by atomic mass is 10.1. The summed E-state index contributed by atoms with van der Waals surface area (Å²) in [6.07, 6.45) is 0.902. The number of rotatable bonds is 6. The standard InChI is InChI=1S/C18H23N3O2S/c1-3-19-18(21-11-17-13(2)7-9-24-17)20-8-6-14-4-5-15-16(10-14)23-12-22-15/h4-5,7,9-10H,3,6,8,11-12H2,1-2H3,(H2,19,20,21). The molecule has 0 amide bonds. The Morgan fingerprint density at radius 2 is 2.08 bits per heavy atom. The molecule has 2 heterocycles. The first kappa shape index (κ1) is 16.6. The van der Waals surface area contributed by atoms with E-state index in [4.69, 9.17) is 9.47 Å². The molecule has 6 heteroatoms. The molecule has 0 saturated heterocycles. The predicted octanol–water partition coefficient (Wildman–Crippen LogP) is 3.08. The number of benzene rings is 1. The van der Waals surface area contributed by atoms with Gasteiger partial charge in [0.1, 0.15) is 0 Å². The molecular weight excluding hydrogens is 322 g/mol. The topological polar surface area (TPSA) is 54.9 Å². The van der Waals surface area contributed by atoms with E-state index in [1.165, 1.54) is 16.0 Å². The summed E-state index contributed by atoms with van der Waals surface area (Å²) >= 11 is 1.75. The Morgan fingerprint density at radius 3 is 2.88 bits per heavy atom. The summed E-state index contributed by atoms with van der Waals surface area (Å²) in [6, 6.07) is 8.23. The number of hydrogen-bond acceptors (Lipinski definition) is 4. The highest BCUT2D eigenvalue weighted by atomic mass is 32.1. The molecule has 0 atom stereocenters. The number of ether oxygens (including phenoxy) is 2. The van der Waals surface area contributed by atoms with Crippen LogP contribution in [0, 0.1) is 6.92 Å². The number of hydrogen-bond donors (Lipinski definition) is 2. The van der Waals surface area contributed by atoms with Crippen LogP contribution < -0.4 is 20.1 Å². The van der Waals surface area contributed by atoms with E-state index in [9.17, 15) is 0 Å². The van der Waals surface area contributed by atoms with Crippen LogP contribution >= 0.6 is 11.3 Å². The van der Waals surface area contributed by atoms with Crippen molar-refractivity contribution in [1.29, 1.82) is 0 Å². The van der Waals surface area contributed by atoms with Crippen LogP contribution in [0.4, 0.5) is 0 Å². The Bertz CT molecular complexity index is 712. The monoisotopic (exact) mass is 345 g/mol. The molecule has 0 spiro atoms. The maximum Gasteiger partial charge on any atom is 0.231 e. The fraction of sp³-hybridized carbons (Fsp3) is 0.389. The van der Waals surface area contributed by atoms with Gasteiger partial charge in [-0.15, -0.1) is 11.3 Å². The van der Waals surface area contributed by atoms with E-state index in [0.29, 0.717) is 13.3 Å². The van der Waals surface area contributed by atoms with Gasteiger partial charge in [-0.3, -0.25) is 0 Å². The van der Waals surface area contributed by atoms with Gasteiger partial charge in [-0.2, -0.15) is 0 Å². The summed E-state index contributed by atoms with van der Waals surface area (Å²) in [7, 11) is 0. The Balaban J connectivity index is 1.53. The molecule has 0 unspecified atom stereocenters. The summed E-state index contributed by atoms with van der Waals surface area (Å²) in [4.78, 5) is 5.97. The lowest BCUT2D eigenvalue weighted by Crippen LogP contribution is -2.38. The third kappa shape index (κ3) is 4.20. The van der Waals surface area contributed by atoms with Crippen molar-refractivity contribution in [1.82, 2.24) is 10.6 Å². The molecule has 5 nitrogen and oxygen atoms in total. The molecule has 1 aliphatic rings. The van der Waals surface area contributed by atoms with Gasteiger partial charge in [-0.25, -0.2) is 4.99 Å². The Hall–Kier alpha value is -2.21. The van der Waals surface area contributed by atoms with Crippen LogP contribution in [0.25, 0.3) is 0 Å². The molecule has 0 saturated carbocycles. The number of nitrogens with zero attached hydrogens (tertiary/aromatic N) is 1. The number of nitrogens with one attached hydrogen (secondary N) is 2. The second-order valence-electron chi connectivity index (χ2n) is 5.59. The van der Waals surface area contributed by atoms with Gasteiger partial charge in [-0.05, 0) is 55.0 Å². The van der Waals surface area contributed by atoms with E-state index in [0.717, 1.165) is 37.0 Å². The van der Waals surface area contributed by atoms with Crippen molar-refractivity contribution in [2.24, 2.45) is 4.99 Å². The zero-order valence-corrected chi connectivity index (χ0v) is 14.9. The number of thiophene rings is 1. The van der Waals surface area contributed by atoms with Crippen molar-refractivity contribution in [3.05, 3.63) is 45.6 Å². The van der Waals surface area contributed by atoms with Gasteiger partial charge >= 0.3 is 0 Å². The highest BCUT2D eigenvalue weighted by molar-refractivity contribution is 7.10. The molecule has 24 heavy (non-hydrogen) atoms. The largest absolute Gasteiger partial charge is 0.454 e. The molecule has 2 aromatic rings. The minimum atomic E-state index is 0.316. The number of aryl methyl sites for hydroxylation is 1. The third-order valence-corrected chi connectivity index (χ3v) is 4.84. The lowest BCUT2D eigenvalue weighted by molar-refractivity contribution is 0.174. The Labute approximate surface area is 146 Å². The number of fused-ring (bicyclic) bond motifs is 1. The van der Waals surface area contributed by atoms with Crippen molar-refractivity contribution in [2.75, 3.05) is 19.9 Å². The van der Waals surface area contributed by atoms with E-state index in [2.05, 4.69) is 47.0 Å². The zero-order valence-electron chi connectivity index (χ0n) is 14.1. The maximum absolute atomic E-state index is 5.42. The van der Waals surface area contributed by atoms with Crippen LogP contribution in [0.3, 0.4) is 0 Å². The molecule has 1 aromatic carbocycles. The van der Waals surface area contributed by atoms with Gasteiger partial charge in [0, 0.05) is 18.0 Å². The minimum absolute atomic E-state index is 0.316. The second kappa shape index (κ2) is 8.06. The van der Waals surface area contributed by atoms with E-state index >= 15 is 0 Å². The zero-order chi connectivity index (χ0) is 16.8. The SMILES string of the molecule is CCNC(=NCc1sccc1C)NCCc1ccc2c(c1)OCO2. The van der Waals surface area contributed by atoms with E-state index in [1.54, 1.807) is 11.3 Å². The molecule has 0 bridgehead atoms. The number of aliphatic imine (C=N–C) groups is 1. The first-order valence-corrected chi connectivity index (χ1v) is 9.08. The third-order valence-electron chi connectivity index (χ3n) is 3.84. The molecule has 1 aromatic heterocycles. The quantitative estimate of drug-likeness (QED) is 0.624. The second-order valence-corrected chi connectivity index (χ2v) is 6.59. The molecule has 2 N–H and O–H groups in total. The highest BCUT2D eigenvalue weighted by Crippen LogP contribution is 2.32. The predicted molar refractivity (Wildman–Crippen MR) is 98.1 cm³/mol. The molecule has 0 fully saturated rings. The van der Waals surface area contributed by atoms with Gasteiger partial charge < -0.3 is 20.1 Å². The van der Waals surface area contributed by atoms with Crippen LogP contribution in [-0.2, 0) is 13.0 Å². The highest BCUT2D eigenvalue weighted by Gasteiger charge is 2.12. The molecule has 1 aliphatic heterocycles. The van der Waals surface area contributed by atoms with Gasteiger partial charge in [0.2, 0.25) is 6.79 Å². The van der Waals surface area contributed by atoms with Gasteiger partial charge in [0.15, 0.2) is 17.5 Å². The van der Waals surface area contributed by atoms with Crippen molar-refractivity contribution in [2.45, 2.75) is 26.8 Å². The first-order chi connectivity index (χ1) is 11.8. The van der Waals surface area contributed by atoms with Crippen molar-refractivity contribution >= 4 is 17.3 Å². The van der Waals surface area contributed by atoms with Crippen LogP contribution in [0.2, 0.25) is 0 Å². The van der Waals surface area contributed by atoms with E-state index in [1.807, 2.05) is 12.1 Å². The van der Waals surface area contributed by atoms with Crippen molar-refractivity contribution in [3.8, 4) is 11.5 Å². The van der Waals surface area contributed by atoms with Gasteiger partial charge in [-0.1, -0.05) is 6.07 Å². The summed E-state index contributed by atoms with van der Waals surface area (Å²) < 4.78 is 10.8. The lowest BCUT2D eigenvalue weighted by Gasteiger charge is -2.11. The van der Waals surface area contributed by atoms with E-state index in [-0.39, 0.29) is 0 Å². The van der Waals surface area contributed by atoms with Crippen LogP contribution in [0.5, 0.6) is 11.5 Å². The summed E-state index contributed by atoms with van der Waals surface area (Å²) in [6.45, 7) is 6.89. The van der Waals surface area contributed by atoms with Crippen LogP contribution in [0.1, 0.15) is 22.9 Å². The van der Waals surface area contributed by atoms with Crippen LogP contribution in [-0.4, -0.2) is 25.8 Å². The molecule has 3 rings (SSSR count). The van der Waals surface area contributed by atoms with Gasteiger partial charge in [0.05, 0.1) is 6.54 Å². The fourth-order valence-electron chi connectivity index (χ4n) is 2.48. The molecule has 0 radical (unpaired) electrons. The summed E-state index contributed by atoms with van der Waals surface area (Å²) in [5.41, 5.74) is 2.52.